The van der Waals surface area contributed by atoms with Crippen LogP contribution in [0, 0.1) is 13.8 Å². The maximum atomic E-state index is 11.9. The number of hydrogen-bond acceptors (Lipinski definition) is 3. The van der Waals surface area contributed by atoms with Crippen molar-refractivity contribution in [1.82, 2.24) is 0 Å². The van der Waals surface area contributed by atoms with Gasteiger partial charge in [0.2, 0.25) is 5.78 Å². The average molecular weight is 206 g/mol. The van der Waals surface area contributed by atoms with Crippen LogP contribution in [0.25, 0.3) is 0 Å². The highest BCUT2D eigenvalue weighted by Gasteiger charge is 2.15. The van der Waals surface area contributed by atoms with Gasteiger partial charge in [-0.3, -0.25) is 4.79 Å². The summed E-state index contributed by atoms with van der Waals surface area (Å²) in [6.45, 7) is 3.95. The van der Waals surface area contributed by atoms with Crippen molar-refractivity contribution < 1.29 is 9.21 Å². The van der Waals surface area contributed by atoms with Gasteiger partial charge in [-0.05, 0) is 32.0 Å². The fourth-order valence-electron chi connectivity index (χ4n) is 1.40. The maximum absolute atomic E-state index is 11.9. The predicted octanol–water partition coefficient (Wildman–Crippen LogP) is 3.19. The molecule has 0 N–H and O–H groups in total. The van der Waals surface area contributed by atoms with E-state index in [9.17, 15) is 4.79 Å². The highest BCUT2D eigenvalue weighted by molar-refractivity contribution is 7.12. The maximum Gasteiger partial charge on any atom is 0.229 e. The highest BCUT2D eigenvalue weighted by Crippen LogP contribution is 2.23. The van der Waals surface area contributed by atoms with Crippen LogP contribution in [0.1, 0.15) is 25.9 Å². The summed E-state index contributed by atoms with van der Waals surface area (Å²) in [4.78, 5) is 14.1. The molecule has 0 unspecified atom stereocenters. The van der Waals surface area contributed by atoms with Crippen LogP contribution in [0.3, 0.4) is 0 Å². The molecule has 0 atom stereocenters. The van der Waals surface area contributed by atoms with Crippen molar-refractivity contribution in [2.75, 3.05) is 0 Å². The molecular formula is C11H10O2S. The van der Waals surface area contributed by atoms with E-state index in [0.29, 0.717) is 5.76 Å². The number of carbonyl (C=O) groups excluding carboxylic acids is 1. The summed E-state index contributed by atoms with van der Waals surface area (Å²) in [5.74, 6) is 0.378. The number of hydrogen-bond donors (Lipinski definition) is 0. The Bertz CT molecular complexity index is 452. The van der Waals surface area contributed by atoms with Crippen LogP contribution in [-0.2, 0) is 0 Å². The van der Waals surface area contributed by atoms with Crippen molar-refractivity contribution in [3.05, 3.63) is 45.5 Å². The topological polar surface area (TPSA) is 30.2 Å². The molecule has 2 rings (SSSR count). The third kappa shape index (κ3) is 1.51. The van der Waals surface area contributed by atoms with Gasteiger partial charge in [0.15, 0.2) is 5.76 Å². The fourth-order valence-corrected chi connectivity index (χ4v) is 2.32. The van der Waals surface area contributed by atoms with Crippen molar-refractivity contribution in [3.8, 4) is 0 Å². The van der Waals surface area contributed by atoms with Crippen LogP contribution < -0.4 is 0 Å². The van der Waals surface area contributed by atoms with E-state index in [-0.39, 0.29) is 5.78 Å². The van der Waals surface area contributed by atoms with Crippen LogP contribution >= 0.6 is 11.3 Å². The lowest BCUT2D eigenvalue weighted by atomic mass is 10.1. The largest absolute Gasteiger partial charge is 0.461 e. The van der Waals surface area contributed by atoms with Crippen LogP contribution in [0.2, 0.25) is 0 Å². The first-order valence-corrected chi connectivity index (χ1v) is 5.15. The monoisotopic (exact) mass is 206 g/mol. The molecule has 0 fully saturated rings. The van der Waals surface area contributed by atoms with E-state index in [0.717, 1.165) is 15.3 Å². The summed E-state index contributed by atoms with van der Waals surface area (Å²) >= 11 is 1.63. The molecule has 0 spiro atoms. The molecule has 0 aromatic carbocycles. The van der Waals surface area contributed by atoms with Crippen LogP contribution in [0.15, 0.2) is 28.9 Å². The Balaban J connectivity index is 2.41. The van der Waals surface area contributed by atoms with Gasteiger partial charge in [-0.25, -0.2) is 0 Å². The standard InChI is InChI=1S/C11H10O2S/c1-7-6-9(8(2)14-7)11(12)10-4-3-5-13-10/h3-6H,1-2H3. The summed E-state index contributed by atoms with van der Waals surface area (Å²) in [7, 11) is 0. The van der Waals surface area contributed by atoms with Gasteiger partial charge in [-0.2, -0.15) is 0 Å². The molecule has 0 aliphatic heterocycles. The smallest absolute Gasteiger partial charge is 0.229 e. The molecule has 2 heterocycles. The Labute approximate surface area is 86.2 Å². The first kappa shape index (κ1) is 9.21. The third-order valence-electron chi connectivity index (χ3n) is 2.03. The molecule has 0 bridgehead atoms. The number of furan rings is 1. The second kappa shape index (κ2) is 3.42. The Morgan fingerprint density at radius 2 is 2.21 bits per heavy atom. The van der Waals surface area contributed by atoms with Crippen LogP contribution in [0.4, 0.5) is 0 Å². The molecule has 0 aliphatic rings. The van der Waals surface area contributed by atoms with Gasteiger partial charge in [0.1, 0.15) is 0 Å². The van der Waals surface area contributed by atoms with Gasteiger partial charge < -0.3 is 4.42 Å². The Kier molecular flexibility index (Phi) is 2.25. The van der Waals surface area contributed by atoms with Gasteiger partial charge in [0.05, 0.1) is 6.26 Å². The van der Waals surface area contributed by atoms with Crippen molar-refractivity contribution in [2.45, 2.75) is 13.8 Å². The molecule has 72 valence electrons. The first-order chi connectivity index (χ1) is 6.68. The number of aryl methyl sites for hydroxylation is 2. The van der Waals surface area contributed by atoms with Gasteiger partial charge >= 0.3 is 0 Å². The molecular weight excluding hydrogens is 196 g/mol. The quantitative estimate of drug-likeness (QED) is 0.706. The minimum absolute atomic E-state index is 0.0307. The minimum atomic E-state index is -0.0307. The lowest BCUT2D eigenvalue weighted by Crippen LogP contribution is -1.98. The predicted molar refractivity (Wildman–Crippen MR) is 55.9 cm³/mol. The molecule has 3 heteroatoms. The van der Waals surface area contributed by atoms with E-state index < -0.39 is 0 Å². The first-order valence-electron chi connectivity index (χ1n) is 4.33. The highest BCUT2D eigenvalue weighted by atomic mass is 32.1. The van der Waals surface area contributed by atoms with E-state index in [1.54, 1.807) is 23.5 Å². The fraction of sp³-hybridized carbons (Fsp3) is 0.182. The SMILES string of the molecule is Cc1cc(C(=O)c2ccco2)c(C)s1. The number of thiophene rings is 1. The Morgan fingerprint density at radius 1 is 1.43 bits per heavy atom. The normalized spacial score (nSPS) is 10.4. The van der Waals surface area contributed by atoms with Crippen molar-refractivity contribution in [2.24, 2.45) is 0 Å². The minimum Gasteiger partial charge on any atom is -0.461 e. The van der Waals surface area contributed by atoms with Crippen molar-refractivity contribution in [1.29, 1.82) is 0 Å². The second-order valence-corrected chi connectivity index (χ2v) is 4.59. The third-order valence-corrected chi connectivity index (χ3v) is 3.00. The zero-order valence-corrected chi connectivity index (χ0v) is 8.85. The number of ketones is 1. The molecule has 0 aliphatic carbocycles. The lowest BCUT2D eigenvalue weighted by Gasteiger charge is -1.94. The summed E-state index contributed by atoms with van der Waals surface area (Å²) in [6.07, 6.45) is 1.52. The number of carbonyl (C=O) groups is 1. The zero-order valence-electron chi connectivity index (χ0n) is 8.03. The van der Waals surface area contributed by atoms with E-state index in [1.807, 2.05) is 19.9 Å². The summed E-state index contributed by atoms with van der Waals surface area (Å²) < 4.78 is 5.07. The van der Waals surface area contributed by atoms with Crippen molar-refractivity contribution in [3.63, 3.8) is 0 Å². The molecule has 0 radical (unpaired) electrons. The summed E-state index contributed by atoms with van der Waals surface area (Å²) in [6, 6.07) is 5.32. The molecule has 0 amide bonds. The Hall–Kier alpha value is -1.35. The van der Waals surface area contributed by atoms with Gasteiger partial charge in [-0.15, -0.1) is 11.3 Å². The Morgan fingerprint density at radius 3 is 2.71 bits per heavy atom. The van der Waals surface area contributed by atoms with Gasteiger partial charge in [0.25, 0.3) is 0 Å². The summed E-state index contributed by atoms with van der Waals surface area (Å²) in [5.41, 5.74) is 0.752. The molecule has 2 aromatic heterocycles. The second-order valence-electron chi connectivity index (χ2n) is 3.13. The van der Waals surface area contributed by atoms with Crippen LogP contribution in [0.5, 0.6) is 0 Å². The molecule has 0 saturated carbocycles. The summed E-state index contributed by atoms with van der Waals surface area (Å²) in [5, 5.41) is 0. The molecule has 0 saturated heterocycles. The molecule has 2 nitrogen and oxygen atoms in total. The molecule has 14 heavy (non-hydrogen) atoms. The van der Waals surface area contributed by atoms with Crippen LogP contribution in [-0.4, -0.2) is 5.78 Å². The van der Waals surface area contributed by atoms with Gasteiger partial charge in [0, 0.05) is 15.3 Å². The molecule has 2 aromatic rings. The average Bonchev–Trinajstić information content (AvgIpc) is 2.73. The van der Waals surface area contributed by atoms with Crippen molar-refractivity contribution >= 4 is 17.1 Å². The lowest BCUT2D eigenvalue weighted by molar-refractivity contribution is 0.101. The number of rotatable bonds is 2. The van der Waals surface area contributed by atoms with E-state index in [2.05, 4.69) is 0 Å². The van der Waals surface area contributed by atoms with E-state index >= 15 is 0 Å². The van der Waals surface area contributed by atoms with E-state index in [4.69, 9.17) is 4.42 Å². The van der Waals surface area contributed by atoms with Gasteiger partial charge in [-0.1, -0.05) is 0 Å². The van der Waals surface area contributed by atoms with E-state index in [1.165, 1.54) is 6.26 Å². The zero-order chi connectivity index (χ0) is 10.1.